The quantitative estimate of drug-likeness (QED) is 0.829. The van der Waals surface area contributed by atoms with Crippen molar-refractivity contribution in [2.45, 2.75) is 51.1 Å². The maximum atomic E-state index is 6.23. The lowest BCUT2D eigenvalue weighted by atomic mass is 9.83. The first-order valence-electron chi connectivity index (χ1n) is 7.66. The molecule has 2 N–H and O–H groups in total. The SMILES string of the molecule is CCC1CCCC1(CN)N1CC(C)C(N(C)C)C1. The largest absolute Gasteiger partial charge is 0.329 e. The first-order valence-corrected chi connectivity index (χ1v) is 7.66. The Morgan fingerprint density at radius 1 is 1.33 bits per heavy atom. The molecule has 0 amide bonds. The molecule has 0 radical (unpaired) electrons. The number of rotatable bonds is 4. The second-order valence-electron chi connectivity index (χ2n) is 6.72. The fraction of sp³-hybridized carbons (Fsp3) is 1.00. The monoisotopic (exact) mass is 253 g/mol. The molecule has 3 nitrogen and oxygen atoms in total. The first-order chi connectivity index (χ1) is 8.55. The van der Waals surface area contributed by atoms with Crippen LogP contribution in [0, 0.1) is 11.8 Å². The summed E-state index contributed by atoms with van der Waals surface area (Å²) in [6, 6.07) is 0.700. The average molecular weight is 253 g/mol. The fourth-order valence-corrected chi connectivity index (χ4v) is 4.51. The summed E-state index contributed by atoms with van der Waals surface area (Å²) in [7, 11) is 4.43. The third-order valence-electron chi connectivity index (χ3n) is 5.63. The van der Waals surface area contributed by atoms with E-state index < -0.39 is 0 Å². The van der Waals surface area contributed by atoms with Gasteiger partial charge in [-0.15, -0.1) is 0 Å². The molecule has 4 unspecified atom stereocenters. The van der Waals surface area contributed by atoms with E-state index in [1.807, 2.05) is 0 Å². The minimum Gasteiger partial charge on any atom is -0.329 e. The Bertz CT molecular complexity index is 279. The minimum atomic E-state index is 0.313. The second-order valence-corrected chi connectivity index (χ2v) is 6.72. The highest BCUT2D eigenvalue weighted by molar-refractivity contribution is 5.05. The summed E-state index contributed by atoms with van der Waals surface area (Å²) in [6.07, 6.45) is 5.35. The third-order valence-corrected chi connectivity index (χ3v) is 5.63. The van der Waals surface area contributed by atoms with Gasteiger partial charge in [-0.2, -0.15) is 0 Å². The minimum absolute atomic E-state index is 0.313. The van der Waals surface area contributed by atoms with E-state index in [-0.39, 0.29) is 0 Å². The van der Waals surface area contributed by atoms with E-state index in [1.165, 1.54) is 38.8 Å². The van der Waals surface area contributed by atoms with Crippen LogP contribution < -0.4 is 5.73 Å². The van der Waals surface area contributed by atoms with E-state index in [2.05, 4.69) is 37.7 Å². The average Bonchev–Trinajstić information content (AvgIpc) is 2.92. The lowest BCUT2D eigenvalue weighted by Crippen LogP contribution is -2.56. The molecule has 0 aromatic rings. The van der Waals surface area contributed by atoms with Gasteiger partial charge >= 0.3 is 0 Å². The standard InChI is InChI=1S/C15H31N3/c1-5-13-7-6-8-15(13,11-16)18-9-12(2)14(10-18)17(3)4/h12-14H,5-11,16H2,1-4H3. The zero-order valence-electron chi connectivity index (χ0n) is 12.7. The van der Waals surface area contributed by atoms with Gasteiger partial charge in [0.1, 0.15) is 0 Å². The van der Waals surface area contributed by atoms with Gasteiger partial charge in [0.05, 0.1) is 0 Å². The molecule has 18 heavy (non-hydrogen) atoms. The van der Waals surface area contributed by atoms with Crippen molar-refractivity contribution in [1.82, 2.24) is 9.80 Å². The van der Waals surface area contributed by atoms with Gasteiger partial charge in [0, 0.05) is 31.2 Å². The molecule has 2 rings (SSSR count). The van der Waals surface area contributed by atoms with E-state index in [4.69, 9.17) is 5.73 Å². The Balaban J connectivity index is 2.15. The number of likely N-dealkylation sites (tertiary alicyclic amines) is 1. The summed E-state index contributed by atoms with van der Waals surface area (Å²) in [6.45, 7) is 8.02. The lowest BCUT2D eigenvalue weighted by Gasteiger charge is -2.43. The van der Waals surface area contributed by atoms with Gasteiger partial charge in [0.15, 0.2) is 0 Å². The second kappa shape index (κ2) is 5.48. The maximum absolute atomic E-state index is 6.23. The number of hydrogen-bond donors (Lipinski definition) is 1. The summed E-state index contributed by atoms with van der Waals surface area (Å²) >= 11 is 0. The lowest BCUT2D eigenvalue weighted by molar-refractivity contribution is 0.0719. The molecule has 3 heteroatoms. The Hall–Kier alpha value is -0.120. The van der Waals surface area contributed by atoms with Crippen LogP contribution in [-0.2, 0) is 0 Å². The molecule has 2 aliphatic rings. The molecule has 1 heterocycles. The molecule has 0 aromatic carbocycles. The van der Waals surface area contributed by atoms with Crippen molar-refractivity contribution in [3.05, 3.63) is 0 Å². The van der Waals surface area contributed by atoms with Crippen LogP contribution in [-0.4, -0.2) is 55.1 Å². The highest BCUT2D eigenvalue weighted by atomic mass is 15.3. The summed E-state index contributed by atoms with van der Waals surface area (Å²) < 4.78 is 0. The van der Waals surface area contributed by atoms with Gasteiger partial charge in [0.25, 0.3) is 0 Å². The van der Waals surface area contributed by atoms with E-state index in [9.17, 15) is 0 Å². The van der Waals surface area contributed by atoms with Crippen molar-refractivity contribution in [1.29, 1.82) is 0 Å². The summed E-state index contributed by atoms with van der Waals surface area (Å²) in [4.78, 5) is 5.13. The van der Waals surface area contributed by atoms with Crippen molar-refractivity contribution in [3.63, 3.8) is 0 Å². The maximum Gasteiger partial charge on any atom is 0.0360 e. The van der Waals surface area contributed by atoms with E-state index in [1.54, 1.807) is 0 Å². The Morgan fingerprint density at radius 2 is 2.06 bits per heavy atom. The van der Waals surface area contributed by atoms with Crippen LogP contribution in [0.4, 0.5) is 0 Å². The molecule has 106 valence electrons. The molecule has 1 saturated heterocycles. The van der Waals surface area contributed by atoms with E-state index in [0.717, 1.165) is 18.4 Å². The summed E-state index contributed by atoms with van der Waals surface area (Å²) in [5.74, 6) is 1.58. The molecule has 1 aliphatic heterocycles. The number of nitrogens with zero attached hydrogens (tertiary/aromatic N) is 2. The van der Waals surface area contributed by atoms with Crippen LogP contribution in [0.3, 0.4) is 0 Å². The molecular weight excluding hydrogens is 222 g/mol. The Labute approximate surface area is 113 Å². The normalized spacial score (nSPS) is 42.0. The fourth-order valence-electron chi connectivity index (χ4n) is 4.51. The number of likely N-dealkylation sites (N-methyl/N-ethyl adjacent to an activating group) is 1. The van der Waals surface area contributed by atoms with Gasteiger partial charge in [-0.3, -0.25) is 4.90 Å². The van der Waals surface area contributed by atoms with Gasteiger partial charge in [-0.05, 0) is 38.8 Å². The molecule has 1 aliphatic carbocycles. The summed E-state index contributed by atoms with van der Waals surface area (Å²) in [5, 5.41) is 0. The van der Waals surface area contributed by atoms with Crippen LogP contribution in [0.5, 0.6) is 0 Å². The van der Waals surface area contributed by atoms with E-state index >= 15 is 0 Å². The van der Waals surface area contributed by atoms with E-state index in [0.29, 0.717) is 11.6 Å². The predicted molar refractivity (Wildman–Crippen MR) is 77.6 cm³/mol. The molecule has 0 bridgehead atoms. The van der Waals surface area contributed by atoms with Gasteiger partial charge < -0.3 is 10.6 Å². The molecule has 1 saturated carbocycles. The van der Waals surface area contributed by atoms with Crippen LogP contribution >= 0.6 is 0 Å². The molecule has 4 atom stereocenters. The molecule has 0 aromatic heterocycles. The Morgan fingerprint density at radius 3 is 2.56 bits per heavy atom. The molecule has 0 spiro atoms. The van der Waals surface area contributed by atoms with Crippen molar-refractivity contribution < 1.29 is 0 Å². The zero-order valence-corrected chi connectivity index (χ0v) is 12.7. The highest BCUT2D eigenvalue weighted by Gasteiger charge is 2.49. The van der Waals surface area contributed by atoms with Gasteiger partial charge in [0.2, 0.25) is 0 Å². The van der Waals surface area contributed by atoms with Crippen LogP contribution in [0.2, 0.25) is 0 Å². The van der Waals surface area contributed by atoms with Crippen LogP contribution in [0.15, 0.2) is 0 Å². The van der Waals surface area contributed by atoms with Crippen molar-refractivity contribution in [3.8, 4) is 0 Å². The van der Waals surface area contributed by atoms with Crippen molar-refractivity contribution in [2.75, 3.05) is 33.7 Å². The molecule has 2 fully saturated rings. The van der Waals surface area contributed by atoms with Gasteiger partial charge in [-0.1, -0.05) is 26.7 Å². The van der Waals surface area contributed by atoms with Gasteiger partial charge in [-0.25, -0.2) is 0 Å². The van der Waals surface area contributed by atoms with Crippen LogP contribution in [0.25, 0.3) is 0 Å². The number of hydrogen-bond acceptors (Lipinski definition) is 3. The zero-order chi connectivity index (χ0) is 13.3. The number of nitrogens with two attached hydrogens (primary N) is 1. The first kappa shape index (κ1) is 14.3. The predicted octanol–water partition coefficient (Wildman–Crippen LogP) is 1.78. The topological polar surface area (TPSA) is 32.5 Å². The Kier molecular flexibility index (Phi) is 4.35. The van der Waals surface area contributed by atoms with Crippen molar-refractivity contribution >= 4 is 0 Å². The van der Waals surface area contributed by atoms with Crippen LogP contribution in [0.1, 0.15) is 39.5 Å². The highest BCUT2D eigenvalue weighted by Crippen LogP contribution is 2.44. The smallest absolute Gasteiger partial charge is 0.0360 e. The molecular formula is C15H31N3. The summed E-state index contributed by atoms with van der Waals surface area (Å²) in [5.41, 5.74) is 6.54. The van der Waals surface area contributed by atoms with Crippen molar-refractivity contribution in [2.24, 2.45) is 17.6 Å². The third kappa shape index (κ3) is 2.21.